The van der Waals surface area contributed by atoms with Crippen LogP contribution in [-0.4, -0.2) is 4.98 Å². The van der Waals surface area contributed by atoms with Gasteiger partial charge in [-0.3, -0.25) is 0 Å². The Labute approximate surface area is 98.7 Å². The zero-order chi connectivity index (χ0) is 10.8. The highest BCUT2D eigenvalue weighted by Gasteiger charge is 2.09. The molecule has 0 radical (unpaired) electrons. The van der Waals surface area contributed by atoms with Crippen LogP contribution >= 0.6 is 22.9 Å². The quantitative estimate of drug-likeness (QED) is 0.758. The first kappa shape index (κ1) is 10.7. The average Bonchev–Trinajstić information content (AvgIpc) is 2.61. The molecule has 0 N–H and O–H groups in total. The third kappa shape index (κ3) is 2.21. The Hall–Kier alpha value is -0.860. The molecule has 0 bridgehead atoms. The Morgan fingerprint density at radius 1 is 1.27 bits per heavy atom. The first-order valence-electron chi connectivity index (χ1n) is 4.93. The predicted molar refractivity (Wildman–Crippen MR) is 66.7 cm³/mol. The number of hydrogen-bond acceptors (Lipinski definition) is 2. The smallest absolute Gasteiger partial charge is 0.184 e. The van der Waals surface area contributed by atoms with Gasteiger partial charge in [-0.25, -0.2) is 4.98 Å². The van der Waals surface area contributed by atoms with Crippen molar-refractivity contribution in [1.82, 2.24) is 4.98 Å². The standard InChI is InChI=1S/C12H12ClNS/c1-3-10-11(14-12(13)15-10)9-6-4-8(2)5-7-9/h4-7H,3H2,1-2H3. The van der Waals surface area contributed by atoms with E-state index < -0.39 is 0 Å². The van der Waals surface area contributed by atoms with Crippen LogP contribution in [0.4, 0.5) is 0 Å². The molecule has 0 spiro atoms. The van der Waals surface area contributed by atoms with Gasteiger partial charge in [0.1, 0.15) is 0 Å². The van der Waals surface area contributed by atoms with Gasteiger partial charge >= 0.3 is 0 Å². The van der Waals surface area contributed by atoms with Crippen molar-refractivity contribution in [3.8, 4) is 11.3 Å². The van der Waals surface area contributed by atoms with E-state index in [4.69, 9.17) is 11.6 Å². The molecule has 1 aromatic heterocycles. The zero-order valence-electron chi connectivity index (χ0n) is 8.75. The third-order valence-corrected chi connectivity index (χ3v) is 3.62. The lowest BCUT2D eigenvalue weighted by molar-refractivity contribution is 1.17. The predicted octanol–water partition coefficient (Wildman–Crippen LogP) is 4.33. The van der Waals surface area contributed by atoms with Gasteiger partial charge in [0.25, 0.3) is 0 Å². The minimum atomic E-state index is 0.627. The molecule has 1 nitrogen and oxygen atoms in total. The second kappa shape index (κ2) is 4.33. The highest BCUT2D eigenvalue weighted by atomic mass is 35.5. The lowest BCUT2D eigenvalue weighted by Gasteiger charge is -2.00. The Balaban J connectivity index is 2.48. The highest BCUT2D eigenvalue weighted by molar-refractivity contribution is 7.16. The van der Waals surface area contributed by atoms with E-state index in [-0.39, 0.29) is 0 Å². The Morgan fingerprint density at radius 2 is 1.93 bits per heavy atom. The first-order valence-corrected chi connectivity index (χ1v) is 6.12. The summed E-state index contributed by atoms with van der Waals surface area (Å²) < 4.78 is 0.627. The molecule has 15 heavy (non-hydrogen) atoms. The van der Waals surface area contributed by atoms with E-state index in [2.05, 4.69) is 43.1 Å². The molecule has 0 saturated carbocycles. The number of benzene rings is 1. The van der Waals surface area contributed by atoms with Crippen LogP contribution in [0, 0.1) is 6.92 Å². The fourth-order valence-electron chi connectivity index (χ4n) is 1.50. The lowest BCUT2D eigenvalue weighted by atomic mass is 10.1. The molecule has 3 heteroatoms. The summed E-state index contributed by atoms with van der Waals surface area (Å²) in [5.74, 6) is 0. The minimum absolute atomic E-state index is 0.627. The molecule has 1 aromatic carbocycles. The summed E-state index contributed by atoms with van der Waals surface area (Å²) in [6.45, 7) is 4.21. The molecular formula is C12H12ClNS. The van der Waals surface area contributed by atoms with Crippen molar-refractivity contribution >= 4 is 22.9 Å². The molecule has 0 aliphatic rings. The van der Waals surface area contributed by atoms with Crippen LogP contribution in [0.3, 0.4) is 0 Å². The second-order valence-electron chi connectivity index (χ2n) is 3.46. The van der Waals surface area contributed by atoms with Crippen LogP contribution in [0.1, 0.15) is 17.4 Å². The number of thiazole rings is 1. The molecule has 0 fully saturated rings. The van der Waals surface area contributed by atoms with Gasteiger partial charge in [-0.1, -0.05) is 48.4 Å². The maximum Gasteiger partial charge on any atom is 0.184 e. The molecule has 0 saturated heterocycles. The molecule has 2 rings (SSSR count). The fourth-order valence-corrected chi connectivity index (χ4v) is 2.61. The van der Waals surface area contributed by atoms with Gasteiger partial charge in [0, 0.05) is 10.4 Å². The van der Waals surface area contributed by atoms with Crippen molar-refractivity contribution in [2.24, 2.45) is 0 Å². The maximum absolute atomic E-state index is 5.93. The number of hydrogen-bond donors (Lipinski definition) is 0. The molecule has 78 valence electrons. The van der Waals surface area contributed by atoms with E-state index >= 15 is 0 Å². The van der Waals surface area contributed by atoms with Crippen molar-refractivity contribution in [3.05, 3.63) is 39.2 Å². The lowest BCUT2D eigenvalue weighted by Crippen LogP contribution is -1.83. The van der Waals surface area contributed by atoms with E-state index in [1.807, 2.05) is 0 Å². The van der Waals surface area contributed by atoms with Crippen LogP contribution in [0.15, 0.2) is 24.3 Å². The molecular weight excluding hydrogens is 226 g/mol. The maximum atomic E-state index is 5.93. The number of rotatable bonds is 2. The summed E-state index contributed by atoms with van der Waals surface area (Å²) in [5, 5.41) is 0. The summed E-state index contributed by atoms with van der Waals surface area (Å²) in [4.78, 5) is 5.62. The third-order valence-electron chi connectivity index (χ3n) is 2.32. The number of aromatic nitrogens is 1. The fraction of sp³-hybridized carbons (Fsp3) is 0.250. The molecule has 0 amide bonds. The average molecular weight is 238 g/mol. The van der Waals surface area contributed by atoms with Crippen LogP contribution in [-0.2, 0) is 6.42 Å². The molecule has 2 aromatic rings. The van der Waals surface area contributed by atoms with E-state index in [0.29, 0.717) is 4.47 Å². The van der Waals surface area contributed by atoms with Crippen LogP contribution in [0.5, 0.6) is 0 Å². The normalized spacial score (nSPS) is 10.6. The van der Waals surface area contributed by atoms with Gasteiger partial charge in [-0.05, 0) is 13.3 Å². The largest absolute Gasteiger partial charge is 0.225 e. The molecule has 0 unspecified atom stereocenters. The van der Waals surface area contributed by atoms with E-state index in [1.54, 1.807) is 11.3 Å². The van der Waals surface area contributed by atoms with E-state index in [0.717, 1.165) is 17.7 Å². The Kier molecular flexibility index (Phi) is 3.08. The van der Waals surface area contributed by atoms with Crippen molar-refractivity contribution < 1.29 is 0 Å². The molecule has 0 atom stereocenters. The van der Waals surface area contributed by atoms with Crippen LogP contribution in [0.25, 0.3) is 11.3 Å². The number of nitrogens with zero attached hydrogens (tertiary/aromatic N) is 1. The summed E-state index contributed by atoms with van der Waals surface area (Å²) in [7, 11) is 0. The van der Waals surface area contributed by atoms with Gasteiger partial charge in [-0.15, -0.1) is 11.3 Å². The molecule has 1 heterocycles. The zero-order valence-corrected chi connectivity index (χ0v) is 10.3. The van der Waals surface area contributed by atoms with E-state index in [1.165, 1.54) is 10.4 Å². The van der Waals surface area contributed by atoms with Crippen molar-refractivity contribution in [3.63, 3.8) is 0 Å². The van der Waals surface area contributed by atoms with Crippen LogP contribution < -0.4 is 0 Å². The summed E-state index contributed by atoms with van der Waals surface area (Å²) >= 11 is 7.50. The van der Waals surface area contributed by atoms with Crippen molar-refractivity contribution in [2.45, 2.75) is 20.3 Å². The monoisotopic (exact) mass is 237 g/mol. The van der Waals surface area contributed by atoms with Gasteiger partial charge in [0.05, 0.1) is 5.69 Å². The number of aryl methyl sites for hydroxylation is 2. The van der Waals surface area contributed by atoms with Crippen molar-refractivity contribution in [1.29, 1.82) is 0 Å². The van der Waals surface area contributed by atoms with Crippen molar-refractivity contribution in [2.75, 3.05) is 0 Å². The minimum Gasteiger partial charge on any atom is -0.225 e. The van der Waals surface area contributed by atoms with Crippen LogP contribution in [0.2, 0.25) is 4.47 Å². The summed E-state index contributed by atoms with van der Waals surface area (Å²) in [5.41, 5.74) is 3.45. The number of halogens is 1. The van der Waals surface area contributed by atoms with E-state index in [9.17, 15) is 0 Å². The summed E-state index contributed by atoms with van der Waals surface area (Å²) in [6.07, 6.45) is 0.980. The SMILES string of the molecule is CCc1sc(Cl)nc1-c1ccc(C)cc1. The molecule has 0 aliphatic carbocycles. The van der Waals surface area contributed by atoms with Gasteiger partial charge in [-0.2, -0.15) is 0 Å². The van der Waals surface area contributed by atoms with Gasteiger partial charge in [0.15, 0.2) is 4.47 Å². The molecule has 0 aliphatic heterocycles. The first-order chi connectivity index (χ1) is 7.20. The Morgan fingerprint density at radius 3 is 2.53 bits per heavy atom. The Bertz CT molecular complexity index is 459. The van der Waals surface area contributed by atoms with Gasteiger partial charge < -0.3 is 0 Å². The topological polar surface area (TPSA) is 12.9 Å². The summed E-state index contributed by atoms with van der Waals surface area (Å²) in [6, 6.07) is 8.39. The van der Waals surface area contributed by atoms with Gasteiger partial charge in [0.2, 0.25) is 0 Å². The second-order valence-corrected chi connectivity index (χ2v) is 5.12. The highest BCUT2D eigenvalue weighted by Crippen LogP contribution is 2.31.